The lowest BCUT2D eigenvalue weighted by molar-refractivity contribution is 0.0950. The summed E-state index contributed by atoms with van der Waals surface area (Å²) in [6, 6.07) is 18.5. The summed E-state index contributed by atoms with van der Waals surface area (Å²) in [7, 11) is -3.91. The largest absolute Gasteiger partial charge is 0.348 e. The fraction of sp³-hybridized carbons (Fsp3) is 0.0952. The van der Waals surface area contributed by atoms with Crippen molar-refractivity contribution in [1.29, 1.82) is 0 Å². The number of amides is 1. The Morgan fingerprint density at radius 1 is 1.00 bits per heavy atom. The highest BCUT2D eigenvalue weighted by Crippen LogP contribution is 2.18. The second kappa shape index (κ2) is 9.11. The van der Waals surface area contributed by atoms with Crippen LogP contribution in [0.15, 0.2) is 82.6 Å². The van der Waals surface area contributed by atoms with E-state index in [1.54, 1.807) is 17.8 Å². The number of carbonyl (C=O) groups excluding carboxylic acids is 1. The Morgan fingerprint density at radius 2 is 1.69 bits per heavy atom. The van der Waals surface area contributed by atoms with Crippen LogP contribution in [-0.4, -0.2) is 20.6 Å². The standard InChI is InChI=1S/C21H19FN2O3S2/c1-28-19-11-5-15(6-12-19)14-23-21(25)16-3-2-4-20(13-16)29(26,27)24-18-9-7-17(22)8-10-18/h2-13,24H,14H2,1H3,(H,23,25). The molecule has 0 aliphatic carbocycles. The van der Waals surface area contributed by atoms with Crippen molar-refractivity contribution in [3.05, 3.63) is 89.7 Å². The van der Waals surface area contributed by atoms with Gasteiger partial charge in [0.05, 0.1) is 4.90 Å². The van der Waals surface area contributed by atoms with Crippen molar-refractivity contribution in [1.82, 2.24) is 5.32 Å². The van der Waals surface area contributed by atoms with E-state index in [-0.39, 0.29) is 22.1 Å². The van der Waals surface area contributed by atoms with Crippen molar-refractivity contribution in [2.45, 2.75) is 16.3 Å². The average molecular weight is 431 g/mol. The highest BCUT2D eigenvalue weighted by atomic mass is 32.2. The van der Waals surface area contributed by atoms with Gasteiger partial charge in [-0.3, -0.25) is 9.52 Å². The Hall–Kier alpha value is -2.84. The summed E-state index contributed by atoms with van der Waals surface area (Å²) in [6.45, 7) is 0.332. The zero-order valence-electron chi connectivity index (χ0n) is 15.6. The summed E-state index contributed by atoms with van der Waals surface area (Å²) in [6.07, 6.45) is 1.99. The van der Waals surface area contributed by atoms with Gasteiger partial charge in [0.2, 0.25) is 0 Å². The summed E-state index contributed by atoms with van der Waals surface area (Å²) in [5, 5.41) is 2.78. The molecule has 150 valence electrons. The molecule has 0 spiro atoms. The Bertz CT molecular complexity index is 1100. The molecule has 29 heavy (non-hydrogen) atoms. The fourth-order valence-electron chi connectivity index (χ4n) is 2.56. The number of hydrogen-bond acceptors (Lipinski definition) is 4. The lowest BCUT2D eigenvalue weighted by atomic mass is 10.2. The number of nitrogens with one attached hydrogen (secondary N) is 2. The monoisotopic (exact) mass is 430 g/mol. The molecule has 1 amide bonds. The Kier molecular flexibility index (Phi) is 6.56. The third-order valence-corrected chi connectivity index (χ3v) is 6.24. The average Bonchev–Trinajstić information content (AvgIpc) is 2.74. The maximum Gasteiger partial charge on any atom is 0.261 e. The number of halogens is 1. The maximum absolute atomic E-state index is 13.0. The van der Waals surface area contributed by atoms with E-state index in [4.69, 9.17) is 0 Å². The molecule has 0 fully saturated rings. The van der Waals surface area contributed by atoms with Crippen molar-refractivity contribution < 1.29 is 17.6 Å². The zero-order valence-corrected chi connectivity index (χ0v) is 17.2. The van der Waals surface area contributed by atoms with Crippen LogP contribution in [0.3, 0.4) is 0 Å². The lowest BCUT2D eigenvalue weighted by Crippen LogP contribution is -2.23. The molecule has 0 radical (unpaired) electrons. The van der Waals surface area contributed by atoms with E-state index in [9.17, 15) is 17.6 Å². The molecule has 0 aliphatic rings. The third kappa shape index (κ3) is 5.58. The van der Waals surface area contributed by atoms with Crippen LogP contribution in [0.1, 0.15) is 15.9 Å². The predicted octanol–water partition coefficient (Wildman–Crippen LogP) is 4.28. The molecule has 3 aromatic carbocycles. The van der Waals surface area contributed by atoms with Gasteiger partial charge in [-0.1, -0.05) is 18.2 Å². The van der Waals surface area contributed by atoms with E-state index in [0.29, 0.717) is 6.54 Å². The molecule has 0 atom stereocenters. The SMILES string of the molecule is CSc1ccc(CNC(=O)c2cccc(S(=O)(=O)Nc3ccc(F)cc3)c2)cc1. The fourth-order valence-corrected chi connectivity index (χ4v) is 4.08. The summed E-state index contributed by atoms with van der Waals surface area (Å²) in [4.78, 5) is 13.5. The molecule has 0 bridgehead atoms. The van der Waals surface area contributed by atoms with Gasteiger partial charge < -0.3 is 5.32 Å². The molecule has 0 heterocycles. The van der Waals surface area contributed by atoms with Crippen LogP contribution in [0.5, 0.6) is 0 Å². The first kappa shape index (κ1) is 20.9. The lowest BCUT2D eigenvalue weighted by Gasteiger charge is -2.10. The number of carbonyl (C=O) groups is 1. The maximum atomic E-state index is 13.0. The summed E-state index contributed by atoms with van der Waals surface area (Å²) >= 11 is 1.64. The number of benzene rings is 3. The highest BCUT2D eigenvalue weighted by molar-refractivity contribution is 7.98. The Morgan fingerprint density at radius 3 is 2.34 bits per heavy atom. The third-order valence-electron chi connectivity index (χ3n) is 4.12. The summed E-state index contributed by atoms with van der Waals surface area (Å²) in [5.74, 6) is -0.840. The minimum absolute atomic E-state index is 0.0567. The van der Waals surface area contributed by atoms with Crippen molar-refractivity contribution >= 4 is 33.4 Å². The van der Waals surface area contributed by atoms with Gasteiger partial charge in [-0.2, -0.15) is 0 Å². The van der Waals surface area contributed by atoms with Crippen molar-refractivity contribution in [2.24, 2.45) is 0 Å². The molecular formula is C21H19FN2O3S2. The van der Waals surface area contributed by atoms with E-state index in [1.165, 1.54) is 30.3 Å². The number of anilines is 1. The molecule has 0 unspecified atom stereocenters. The van der Waals surface area contributed by atoms with Crippen LogP contribution < -0.4 is 10.0 Å². The molecule has 5 nitrogen and oxygen atoms in total. The van der Waals surface area contributed by atoms with Crippen LogP contribution in [0, 0.1) is 5.82 Å². The van der Waals surface area contributed by atoms with Crippen molar-refractivity contribution in [2.75, 3.05) is 11.0 Å². The predicted molar refractivity (Wildman–Crippen MR) is 113 cm³/mol. The Balaban J connectivity index is 1.70. The van der Waals surface area contributed by atoms with E-state index in [0.717, 1.165) is 22.6 Å². The van der Waals surface area contributed by atoms with E-state index in [2.05, 4.69) is 10.0 Å². The van der Waals surface area contributed by atoms with Crippen LogP contribution in [0.2, 0.25) is 0 Å². The van der Waals surface area contributed by atoms with E-state index >= 15 is 0 Å². The molecule has 0 aromatic heterocycles. The van der Waals surface area contributed by atoms with Gasteiger partial charge in [0, 0.05) is 22.7 Å². The molecule has 0 saturated heterocycles. The van der Waals surface area contributed by atoms with Gasteiger partial charge in [0.15, 0.2) is 0 Å². The minimum atomic E-state index is -3.91. The summed E-state index contributed by atoms with van der Waals surface area (Å²) < 4.78 is 40.5. The first-order valence-electron chi connectivity index (χ1n) is 8.67. The number of thioether (sulfide) groups is 1. The van der Waals surface area contributed by atoms with E-state index in [1.807, 2.05) is 30.5 Å². The summed E-state index contributed by atoms with van der Waals surface area (Å²) in [5.41, 5.74) is 1.40. The Labute approximate surface area is 173 Å². The normalized spacial score (nSPS) is 11.1. The topological polar surface area (TPSA) is 75.3 Å². The van der Waals surface area contributed by atoms with Gasteiger partial charge in [-0.05, 0) is 66.4 Å². The molecule has 0 aliphatic heterocycles. The van der Waals surface area contributed by atoms with Gasteiger partial charge in [0.25, 0.3) is 15.9 Å². The van der Waals surface area contributed by atoms with Crippen LogP contribution >= 0.6 is 11.8 Å². The second-order valence-electron chi connectivity index (χ2n) is 6.17. The second-order valence-corrected chi connectivity index (χ2v) is 8.73. The quantitative estimate of drug-likeness (QED) is 0.549. The zero-order chi connectivity index (χ0) is 20.9. The number of sulfonamides is 1. The highest BCUT2D eigenvalue weighted by Gasteiger charge is 2.16. The van der Waals surface area contributed by atoms with Crippen LogP contribution in [0.4, 0.5) is 10.1 Å². The smallest absolute Gasteiger partial charge is 0.261 e. The van der Waals surface area contributed by atoms with Gasteiger partial charge in [0.1, 0.15) is 5.82 Å². The number of hydrogen-bond donors (Lipinski definition) is 2. The first-order valence-corrected chi connectivity index (χ1v) is 11.4. The van der Waals surface area contributed by atoms with E-state index < -0.39 is 15.8 Å². The minimum Gasteiger partial charge on any atom is -0.348 e. The number of rotatable bonds is 7. The molecule has 8 heteroatoms. The van der Waals surface area contributed by atoms with Gasteiger partial charge in [-0.25, -0.2) is 12.8 Å². The molecule has 3 rings (SSSR count). The van der Waals surface area contributed by atoms with Crippen molar-refractivity contribution in [3.63, 3.8) is 0 Å². The molecular weight excluding hydrogens is 411 g/mol. The molecule has 0 saturated carbocycles. The van der Waals surface area contributed by atoms with Gasteiger partial charge >= 0.3 is 0 Å². The molecule has 2 N–H and O–H groups in total. The van der Waals surface area contributed by atoms with Crippen molar-refractivity contribution in [3.8, 4) is 0 Å². The van der Waals surface area contributed by atoms with Crippen LogP contribution in [-0.2, 0) is 16.6 Å². The van der Waals surface area contributed by atoms with Gasteiger partial charge in [-0.15, -0.1) is 11.8 Å². The first-order chi connectivity index (χ1) is 13.9. The molecule has 3 aromatic rings. The van der Waals surface area contributed by atoms with Crippen LogP contribution in [0.25, 0.3) is 0 Å².